The fourth-order valence-corrected chi connectivity index (χ4v) is 3.74. The first-order valence-electron chi connectivity index (χ1n) is 10.5. The van der Waals surface area contributed by atoms with Crippen LogP contribution in [0.1, 0.15) is 24.2 Å². The molecule has 3 aromatic rings. The van der Waals surface area contributed by atoms with E-state index < -0.39 is 36.0 Å². The van der Waals surface area contributed by atoms with Gasteiger partial charge in [-0.05, 0) is 37.1 Å². The van der Waals surface area contributed by atoms with Crippen molar-refractivity contribution in [2.45, 2.75) is 19.0 Å². The van der Waals surface area contributed by atoms with Crippen molar-refractivity contribution in [3.05, 3.63) is 59.7 Å². The number of anilines is 1. The summed E-state index contributed by atoms with van der Waals surface area (Å²) >= 11 is 0. The lowest BCUT2D eigenvalue weighted by molar-refractivity contribution is -0.149. The van der Waals surface area contributed by atoms with Crippen LogP contribution < -0.4 is 4.90 Å². The van der Waals surface area contributed by atoms with Gasteiger partial charge in [0.2, 0.25) is 0 Å². The van der Waals surface area contributed by atoms with Gasteiger partial charge in [-0.15, -0.1) is 0 Å². The minimum absolute atomic E-state index is 0.118. The summed E-state index contributed by atoms with van der Waals surface area (Å²) in [5, 5.41) is 19.8. The van der Waals surface area contributed by atoms with Gasteiger partial charge in [0, 0.05) is 19.3 Å². The second kappa shape index (κ2) is 9.43. The maximum Gasteiger partial charge on any atom is 0.417 e. The molecule has 1 aliphatic rings. The van der Waals surface area contributed by atoms with E-state index in [0.29, 0.717) is 42.8 Å². The number of carbonyl (C=O) groups is 1. The molecule has 1 saturated heterocycles. The molecule has 176 valence electrons. The SMILES string of the molecule is N#CC(=C(O)COC(=O)C1CCN(c2ccc(C(F)(F)F)cn2)CC1)c1nc2ccccc2[nH]1. The van der Waals surface area contributed by atoms with Gasteiger partial charge >= 0.3 is 12.1 Å². The lowest BCUT2D eigenvalue weighted by Crippen LogP contribution is -2.37. The number of aromatic amines is 1. The molecule has 0 saturated carbocycles. The van der Waals surface area contributed by atoms with E-state index in [-0.39, 0.29) is 11.4 Å². The molecule has 11 heteroatoms. The number of esters is 1. The Hall–Kier alpha value is -4.07. The number of nitriles is 1. The average Bonchev–Trinajstić information content (AvgIpc) is 3.26. The number of aliphatic hydroxyl groups is 1. The van der Waals surface area contributed by atoms with E-state index in [1.54, 1.807) is 29.2 Å². The summed E-state index contributed by atoms with van der Waals surface area (Å²) in [7, 11) is 0. The average molecular weight is 471 g/mol. The van der Waals surface area contributed by atoms with Crippen LogP contribution in [0.5, 0.6) is 0 Å². The smallest absolute Gasteiger partial charge is 0.417 e. The van der Waals surface area contributed by atoms with Gasteiger partial charge in [-0.1, -0.05) is 12.1 Å². The molecule has 1 fully saturated rings. The summed E-state index contributed by atoms with van der Waals surface area (Å²) in [4.78, 5) is 25.4. The Labute approximate surface area is 192 Å². The van der Waals surface area contributed by atoms with E-state index in [9.17, 15) is 28.3 Å². The number of allylic oxidation sites excluding steroid dienone is 1. The van der Waals surface area contributed by atoms with Gasteiger partial charge in [-0.3, -0.25) is 4.79 Å². The zero-order valence-corrected chi connectivity index (χ0v) is 17.8. The molecule has 0 aliphatic carbocycles. The number of halogens is 3. The normalized spacial score (nSPS) is 15.6. The molecule has 2 aromatic heterocycles. The summed E-state index contributed by atoms with van der Waals surface area (Å²) in [6, 6.07) is 11.3. The molecule has 0 atom stereocenters. The minimum Gasteiger partial charge on any atom is -0.507 e. The first-order chi connectivity index (χ1) is 16.3. The first kappa shape index (κ1) is 23.1. The van der Waals surface area contributed by atoms with Crippen LogP contribution in [-0.4, -0.2) is 45.7 Å². The second-order valence-electron chi connectivity index (χ2n) is 7.81. The lowest BCUT2D eigenvalue weighted by atomic mass is 9.97. The van der Waals surface area contributed by atoms with Crippen LogP contribution in [0.3, 0.4) is 0 Å². The van der Waals surface area contributed by atoms with Gasteiger partial charge in [0.1, 0.15) is 24.1 Å². The third-order valence-corrected chi connectivity index (χ3v) is 5.61. The van der Waals surface area contributed by atoms with Crippen LogP contribution in [0.2, 0.25) is 0 Å². The zero-order valence-electron chi connectivity index (χ0n) is 17.8. The number of carbonyl (C=O) groups excluding carboxylic acids is 1. The number of benzene rings is 1. The molecule has 34 heavy (non-hydrogen) atoms. The van der Waals surface area contributed by atoms with Crippen molar-refractivity contribution in [3.8, 4) is 6.07 Å². The Morgan fingerprint density at radius 2 is 1.97 bits per heavy atom. The third kappa shape index (κ3) is 4.96. The number of nitrogens with zero attached hydrogens (tertiary/aromatic N) is 4. The molecular formula is C23H20F3N5O3. The number of pyridine rings is 1. The monoisotopic (exact) mass is 471 g/mol. The summed E-state index contributed by atoms with van der Waals surface area (Å²) in [5.41, 5.74) is 0.392. The van der Waals surface area contributed by atoms with E-state index in [1.165, 1.54) is 6.07 Å². The Bertz CT molecular complexity index is 1220. The molecule has 0 amide bonds. The molecule has 0 bridgehead atoms. The Morgan fingerprint density at radius 1 is 1.24 bits per heavy atom. The number of aliphatic hydroxyl groups excluding tert-OH is 1. The van der Waals surface area contributed by atoms with Crippen molar-refractivity contribution in [2.75, 3.05) is 24.6 Å². The molecule has 8 nitrogen and oxygen atoms in total. The quantitative estimate of drug-likeness (QED) is 0.325. The standard InChI is InChI=1S/C23H20F3N5O3/c24-23(25,26)15-5-6-20(28-12-15)31-9-7-14(8-10-31)22(33)34-13-19(32)16(11-27)21-29-17-3-1-2-4-18(17)30-21/h1-6,12,14,32H,7-10,13H2,(H,29,30). The number of rotatable bonds is 5. The summed E-state index contributed by atoms with van der Waals surface area (Å²) < 4.78 is 43.3. The highest BCUT2D eigenvalue weighted by molar-refractivity contribution is 5.83. The number of ether oxygens (including phenoxy) is 1. The van der Waals surface area contributed by atoms with Crippen LogP contribution >= 0.6 is 0 Å². The van der Waals surface area contributed by atoms with E-state index in [1.807, 2.05) is 6.07 Å². The highest BCUT2D eigenvalue weighted by Gasteiger charge is 2.32. The minimum atomic E-state index is -4.45. The number of aromatic nitrogens is 3. The number of fused-ring (bicyclic) bond motifs is 1. The van der Waals surface area contributed by atoms with Crippen LogP contribution in [0, 0.1) is 17.2 Å². The predicted molar refractivity (Wildman–Crippen MR) is 116 cm³/mol. The van der Waals surface area contributed by atoms with E-state index >= 15 is 0 Å². The summed E-state index contributed by atoms with van der Waals surface area (Å²) in [6.45, 7) is 0.365. The van der Waals surface area contributed by atoms with Crippen molar-refractivity contribution < 1.29 is 27.8 Å². The van der Waals surface area contributed by atoms with Crippen LogP contribution in [0.4, 0.5) is 19.0 Å². The topological polar surface area (TPSA) is 115 Å². The molecule has 4 rings (SSSR count). The van der Waals surface area contributed by atoms with Gasteiger partial charge in [0.05, 0.1) is 22.5 Å². The number of piperidine rings is 1. The number of hydrogen-bond acceptors (Lipinski definition) is 7. The maximum absolute atomic E-state index is 12.7. The van der Waals surface area contributed by atoms with E-state index in [4.69, 9.17) is 4.74 Å². The summed E-state index contributed by atoms with van der Waals surface area (Å²) in [5.74, 6) is -0.788. The lowest BCUT2D eigenvalue weighted by Gasteiger charge is -2.31. The van der Waals surface area contributed by atoms with Crippen molar-refractivity contribution in [3.63, 3.8) is 0 Å². The molecule has 1 aromatic carbocycles. The third-order valence-electron chi connectivity index (χ3n) is 5.61. The fourth-order valence-electron chi connectivity index (χ4n) is 3.74. The molecule has 0 unspecified atom stereocenters. The summed E-state index contributed by atoms with van der Waals surface area (Å²) in [6.07, 6.45) is -2.82. The van der Waals surface area contributed by atoms with Crippen LogP contribution in [0.15, 0.2) is 48.4 Å². The number of hydrogen-bond donors (Lipinski definition) is 2. The van der Waals surface area contributed by atoms with Gasteiger partial charge in [-0.25, -0.2) is 9.97 Å². The second-order valence-corrected chi connectivity index (χ2v) is 7.81. The predicted octanol–water partition coefficient (Wildman–Crippen LogP) is 4.23. The van der Waals surface area contributed by atoms with Gasteiger partial charge in [0.25, 0.3) is 0 Å². The Balaban J connectivity index is 1.33. The number of nitrogens with one attached hydrogen (secondary N) is 1. The highest BCUT2D eigenvalue weighted by Crippen LogP contribution is 2.30. The number of imidazole rings is 1. The van der Waals surface area contributed by atoms with E-state index in [2.05, 4.69) is 15.0 Å². The molecular weight excluding hydrogens is 451 g/mol. The highest BCUT2D eigenvalue weighted by atomic mass is 19.4. The van der Waals surface area contributed by atoms with Gasteiger partial charge < -0.3 is 19.7 Å². The molecule has 0 spiro atoms. The van der Waals surface area contributed by atoms with Crippen molar-refractivity contribution in [1.29, 1.82) is 5.26 Å². The van der Waals surface area contributed by atoms with Crippen LogP contribution in [0.25, 0.3) is 16.6 Å². The van der Waals surface area contributed by atoms with Crippen molar-refractivity contribution in [1.82, 2.24) is 15.0 Å². The van der Waals surface area contributed by atoms with Crippen LogP contribution in [-0.2, 0) is 15.7 Å². The molecule has 3 heterocycles. The van der Waals surface area contributed by atoms with Gasteiger partial charge in [0.15, 0.2) is 11.6 Å². The number of para-hydroxylation sites is 2. The fraction of sp³-hybridized carbons (Fsp3) is 0.304. The largest absolute Gasteiger partial charge is 0.507 e. The zero-order chi connectivity index (χ0) is 24.3. The van der Waals surface area contributed by atoms with Crippen molar-refractivity contribution >= 4 is 28.4 Å². The first-order valence-corrected chi connectivity index (χ1v) is 10.5. The van der Waals surface area contributed by atoms with Crippen molar-refractivity contribution in [2.24, 2.45) is 5.92 Å². The number of alkyl halides is 3. The van der Waals surface area contributed by atoms with E-state index in [0.717, 1.165) is 12.3 Å². The molecule has 0 radical (unpaired) electrons. The molecule has 1 aliphatic heterocycles. The Kier molecular flexibility index (Phi) is 6.40. The number of H-pyrrole nitrogens is 1. The van der Waals surface area contributed by atoms with Gasteiger partial charge in [-0.2, -0.15) is 18.4 Å². The Morgan fingerprint density at radius 3 is 2.59 bits per heavy atom. The maximum atomic E-state index is 12.7. The molecule has 2 N–H and O–H groups in total.